The maximum absolute atomic E-state index is 12.6. The van der Waals surface area contributed by atoms with Crippen molar-refractivity contribution < 1.29 is 9.59 Å². The summed E-state index contributed by atoms with van der Waals surface area (Å²) >= 11 is 1.52. The average Bonchev–Trinajstić information content (AvgIpc) is 3.23. The maximum atomic E-state index is 12.6. The number of carbonyl (C=O) groups is 2. The molecule has 7 heteroatoms. The molecule has 1 unspecified atom stereocenters. The molecule has 1 fully saturated rings. The molecule has 0 saturated carbocycles. The van der Waals surface area contributed by atoms with Crippen LogP contribution in [0.5, 0.6) is 0 Å². The summed E-state index contributed by atoms with van der Waals surface area (Å²) in [5.74, 6) is -0.0601. The van der Waals surface area contributed by atoms with Crippen LogP contribution in [0, 0.1) is 0 Å². The van der Waals surface area contributed by atoms with Crippen LogP contribution in [-0.4, -0.2) is 33.2 Å². The molecule has 1 saturated heterocycles. The van der Waals surface area contributed by atoms with Crippen LogP contribution in [-0.2, 0) is 11.3 Å². The van der Waals surface area contributed by atoms with Crippen molar-refractivity contribution in [2.45, 2.75) is 32.4 Å². The molecule has 6 nitrogen and oxygen atoms in total. The van der Waals surface area contributed by atoms with Gasteiger partial charge in [0.05, 0.1) is 41.9 Å². The number of thiophene rings is 1. The fourth-order valence-corrected chi connectivity index (χ4v) is 3.38. The van der Waals surface area contributed by atoms with Gasteiger partial charge in [0.25, 0.3) is 5.91 Å². The molecule has 1 aliphatic heterocycles. The van der Waals surface area contributed by atoms with Crippen LogP contribution in [0.3, 0.4) is 0 Å². The van der Waals surface area contributed by atoms with Crippen LogP contribution in [0.1, 0.15) is 47.6 Å². The highest BCUT2D eigenvalue weighted by Gasteiger charge is 2.32. The van der Waals surface area contributed by atoms with Crippen molar-refractivity contribution >= 4 is 23.2 Å². The van der Waals surface area contributed by atoms with E-state index >= 15 is 0 Å². The van der Waals surface area contributed by atoms with E-state index in [4.69, 9.17) is 0 Å². The molecule has 0 radical (unpaired) electrons. The van der Waals surface area contributed by atoms with E-state index in [-0.39, 0.29) is 17.9 Å². The van der Waals surface area contributed by atoms with Gasteiger partial charge in [-0.15, -0.1) is 0 Å². The van der Waals surface area contributed by atoms with Gasteiger partial charge >= 0.3 is 0 Å². The summed E-state index contributed by atoms with van der Waals surface area (Å²) < 4.78 is 0. The Bertz CT molecular complexity index is 702. The Balaban J connectivity index is 1.78. The van der Waals surface area contributed by atoms with Crippen LogP contribution >= 0.6 is 11.3 Å². The Labute approximate surface area is 138 Å². The van der Waals surface area contributed by atoms with Crippen LogP contribution in [0.4, 0.5) is 0 Å². The largest absolute Gasteiger partial charge is 0.351 e. The van der Waals surface area contributed by atoms with Gasteiger partial charge in [0.1, 0.15) is 0 Å². The van der Waals surface area contributed by atoms with E-state index < -0.39 is 0 Å². The van der Waals surface area contributed by atoms with Crippen molar-refractivity contribution in [2.24, 2.45) is 0 Å². The van der Waals surface area contributed by atoms with Gasteiger partial charge < -0.3 is 10.2 Å². The molecular weight excluding hydrogens is 312 g/mol. The first kappa shape index (κ1) is 15.6. The number of rotatable bonds is 4. The van der Waals surface area contributed by atoms with Gasteiger partial charge in [0, 0.05) is 18.8 Å². The molecule has 0 bridgehead atoms. The van der Waals surface area contributed by atoms with Crippen molar-refractivity contribution in [3.05, 3.63) is 46.2 Å². The van der Waals surface area contributed by atoms with Gasteiger partial charge in [-0.05, 0) is 24.3 Å². The Morgan fingerprint density at radius 3 is 3.04 bits per heavy atom. The van der Waals surface area contributed by atoms with E-state index in [1.54, 1.807) is 12.4 Å². The third-order valence-corrected chi connectivity index (χ3v) is 4.53. The zero-order chi connectivity index (χ0) is 16.2. The predicted molar refractivity (Wildman–Crippen MR) is 86.9 cm³/mol. The Hall–Kier alpha value is -2.28. The Morgan fingerprint density at radius 2 is 2.30 bits per heavy atom. The molecule has 2 amide bonds. The predicted octanol–water partition coefficient (Wildman–Crippen LogP) is 2.15. The summed E-state index contributed by atoms with van der Waals surface area (Å²) in [6.07, 6.45) is 5.19. The Kier molecular flexibility index (Phi) is 4.66. The highest BCUT2D eigenvalue weighted by molar-refractivity contribution is 7.08. The van der Waals surface area contributed by atoms with Crippen LogP contribution in [0.15, 0.2) is 29.2 Å². The molecular formula is C16H18N4O2S. The first-order valence-corrected chi connectivity index (χ1v) is 8.48. The highest BCUT2D eigenvalue weighted by Crippen LogP contribution is 2.32. The zero-order valence-corrected chi connectivity index (χ0v) is 13.7. The maximum Gasteiger partial charge on any atom is 0.255 e. The van der Waals surface area contributed by atoms with Crippen molar-refractivity contribution in [3.63, 3.8) is 0 Å². The van der Waals surface area contributed by atoms with Gasteiger partial charge in [0.15, 0.2) is 0 Å². The van der Waals surface area contributed by atoms with E-state index in [9.17, 15) is 9.59 Å². The van der Waals surface area contributed by atoms with Gasteiger partial charge in [-0.3, -0.25) is 19.6 Å². The quantitative estimate of drug-likeness (QED) is 0.932. The molecule has 1 atom stereocenters. The summed E-state index contributed by atoms with van der Waals surface area (Å²) in [6, 6.07) is 1.80. The third kappa shape index (κ3) is 3.56. The van der Waals surface area contributed by atoms with Crippen LogP contribution < -0.4 is 5.32 Å². The minimum absolute atomic E-state index is 0.0443. The first-order chi connectivity index (χ1) is 11.1. The van der Waals surface area contributed by atoms with E-state index in [2.05, 4.69) is 15.3 Å². The first-order valence-electron chi connectivity index (χ1n) is 7.53. The van der Waals surface area contributed by atoms with Gasteiger partial charge in [-0.25, -0.2) is 0 Å². The lowest BCUT2D eigenvalue weighted by Gasteiger charge is -2.24. The smallest absolute Gasteiger partial charge is 0.255 e. The van der Waals surface area contributed by atoms with Crippen molar-refractivity contribution in [3.8, 4) is 0 Å². The lowest BCUT2D eigenvalue weighted by molar-refractivity contribution is -0.119. The summed E-state index contributed by atoms with van der Waals surface area (Å²) in [4.78, 5) is 34.3. The summed E-state index contributed by atoms with van der Waals surface area (Å²) in [5.41, 5.74) is 2.21. The molecule has 120 valence electrons. The number of hydrogen-bond acceptors (Lipinski definition) is 5. The number of carbonyl (C=O) groups excluding carboxylic acids is 2. The highest BCUT2D eigenvalue weighted by atomic mass is 32.1. The molecule has 3 heterocycles. The van der Waals surface area contributed by atoms with Gasteiger partial charge in [-0.1, -0.05) is 0 Å². The summed E-state index contributed by atoms with van der Waals surface area (Å²) in [5, 5.41) is 6.50. The topological polar surface area (TPSA) is 75.2 Å². The van der Waals surface area contributed by atoms with E-state index in [0.29, 0.717) is 12.2 Å². The molecule has 23 heavy (non-hydrogen) atoms. The fraction of sp³-hybridized carbons (Fsp3) is 0.375. The molecule has 2 aromatic rings. The standard InChI is InChI=1S/C16H18N4O2S/c1-11(21)18-8-13-7-17-9-14(19-13)15-3-2-5-20(15)16(22)12-4-6-23-10-12/h4,6-7,9-10,15H,2-3,5,8H2,1H3,(H,18,21). The Morgan fingerprint density at radius 1 is 1.43 bits per heavy atom. The van der Waals surface area contributed by atoms with E-state index in [0.717, 1.165) is 30.6 Å². The lowest BCUT2D eigenvalue weighted by Crippen LogP contribution is -2.31. The van der Waals surface area contributed by atoms with E-state index in [1.807, 2.05) is 21.7 Å². The monoisotopic (exact) mass is 330 g/mol. The normalized spacial score (nSPS) is 17.3. The second kappa shape index (κ2) is 6.87. The van der Waals surface area contributed by atoms with Crippen molar-refractivity contribution in [2.75, 3.05) is 6.54 Å². The number of nitrogens with zero attached hydrogens (tertiary/aromatic N) is 3. The molecule has 1 N–H and O–H groups in total. The molecule has 3 rings (SSSR count). The number of likely N-dealkylation sites (tertiary alicyclic amines) is 1. The average molecular weight is 330 g/mol. The minimum Gasteiger partial charge on any atom is -0.351 e. The van der Waals surface area contributed by atoms with Crippen molar-refractivity contribution in [1.82, 2.24) is 20.2 Å². The van der Waals surface area contributed by atoms with Gasteiger partial charge in [0.2, 0.25) is 5.91 Å². The van der Waals surface area contributed by atoms with Crippen LogP contribution in [0.25, 0.3) is 0 Å². The molecule has 0 aliphatic carbocycles. The second-order valence-electron chi connectivity index (χ2n) is 5.51. The lowest BCUT2D eigenvalue weighted by atomic mass is 10.1. The number of nitrogens with one attached hydrogen (secondary N) is 1. The fourth-order valence-electron chi connectivity index (χ4n) is 2.75. The third-order valence-electron chi connectivity index (χ3n) is 3.84. The van der Waals surface area contributed by atoms with E-state index in [1.165, 1.54) is 18.3 Å². The zero-order valence-electron chi connectivity index (χ0n) is 12.9. The molecule has 0 spiro atoms. The molecule has 0 aromatic carbocycles. The van der Waals surface area contributed by atoms with Gasteiger partial charge in [-0.2, -0.15) is 11.3 Å². The number of aromatic nitrogens is 2. The SMILES string of the molecule is CC(=O)NCc1cncc(C2CCCN2C(=O)c2ccsc2)n1. The summed E-state index contributed by atoms with van der Waals surface area (Å²) in [6.45, 7) is 2.55. The van der Waals surface area contributed by atoms with Crippen LogP contribution in [0.2, 0.25) is 0 Å². The number of amides is 2. The summed E-state index contributed by atoms with van der Waals surface area (Å²) in [7, 11) is 0. The molecule has 1 aliphatic rings. The molecule has 2 aromatic heterocycles. The minimum atomic E-state index is -0.104. The second-order valence-corrected chi connectivity index (χ2v) is 6.29. The number of hydrogen-bond donors (Lipinski definition) is 1. The van der Waals surface area contributed by atoms with Crippen molar-refractivity contribution in [1.29, 1.82) is 0 Å².